The van der Waals surface area contributed by atoms with Gasteiger partial charge in [0.1, 0.15) is 0 Å². The van der Waals surface area contributed by atoms with E-state index < -0.39 is 0 Å². The summed E-state index contributed by atoms with van der Waals surface area (Å²) in [5.41, 5.74) is 0. The Kier molecular flexibility index (Phi) is 7.92. The Labute approximate surface area is 125 Å². The van der Waals surface area contributed by atoms with Crippen LogP contribution in [0.4, 0.5) is 0 Å². The molecule has 0 bridgehead atoms. The smallest absolute Gasteiger partial charge is 0.0466 e. The van der Waals surface area contributed by atoms with Crippen molar-refractivity contribution in [2.75, 3.05) is 45.9 Å². The fraction of sp³-hybridized carbons (Fsp3) is 1.00. The van der Waals surface area contributed by atoms with Crippen LogP contribution in [0.25, 0.3) is 0 Å². The molecule has 2 aliphatic rings. The predicted molar refractivity (Wildman–Crippen MR) is 85.1 cm³/mol. The van der Waals surface area contributed by atoms with Crippen molar-refractivity contribution in [3.8, 4) is 0 Å². The summed E-state index contributed by atoms with van der Waals surface area (Å²) in [6, 6.07) is 0. The van der Waals surface area contributed by atoms with Gasteiger partial charge in [0.05, 0.1) is 0 Å². The van der Waals surface area contributed by atoms with Gasteiger partial charge in [-0.15, -0.1) is 0 Å². The van der Waals surface area contributed by atoms with Gasteiger partial charge in [0.15, 0.2) is 0 Å². The zero-order chi connectivity index (χ0) is 14.0. The maximum Gasteiger partial charge on any atom is 0.0466 e. The summed E-state index contributed by atoms with van der Waals surface area (Å²) >= 11 is 0. The summed E-state index contributed by atoms with van der Waals surface area (Å²) in [5, 5.41) is 3.58. The van der Waals surface area contributed by atoms with E-state index in [0.717, 1.165) is 38.1 Å². The molecule has 1 saturated carbocycles. The molecular formula is C17H34N2O. The highest BCUT2D eigenvalue weighted by Crippen LogP contribution is 2.35. The number of rotatable bonds is 9. The molecule has 1 heterocycles. The zero-order valence-corrected chi connectivity index (χ0v) is 13.4. The summed E-state index contributed by atoms with van der Waals surface area (Å²) in [5.74, 6) is 2.08. The third-order valence-electron chi connectivity index (χ3n) is 5.08. The largest absolute Gasteiger partial charge is 0.382 e. The normalized spacial score (nSPS) is 27.4. The second-order valence-electron chi connectivity index (χ2n) is 6.55. The minimum absolute atomic E-state index is 0.852. The van der Waals surface area contributed by atoms with Crippen LogP contribution in [0.2, 0.25) is 0 Å². The van der Waals surface area contributed by atoms with E-state index in [1.165, 1.54) is 64.6 Å². The lowest BCUT2D eigenvalue weighted by atomic mass is 9.75. The molecule has 2 fully saturated rings. The molecule has 1 aliphatic carbocycles. The second-order valence-corrected chi connectivity index (χ2v) is 6.55. The highest BCUT2D eigenvalue weighted by Gasteiger charge is 2.30. The first-order chi connectivity index (χ1) is 9.90. The molecule has 0 aromatic carbocycles. The fourth-order valence-corrected chi connectivity index (χ4v) is 3.84. The average molecular weight is 282 g/mol. The van der Waals surface area contributed by atoms with Gasteiger partial charge in [-0.2, -0.15) is 0 Å². The Morgan fingerprint density at radius 2 is 1.90 bits per heavy atom. The van der Waals surface area contributed by atoms with Crippen molar-refractivity contribution < 1.29 is 4.74 Å². The average Bonchev–Trinajstić information content (AvgIpc) is 2.50. The van der Waals surface area contributed by atoms with Gasteiger partial charge < -0.3 is 15.0 Å². The summed E-state index contributed by atoms with van der Waals surface area (Å²) in [4.78, 5) is 2.69. The van der Waals surface area contributed by atoms with E-state index in [2.05, 4.69) is 17.1 Å². The van der Waals surface area contributed by atoms with Crippen LogP contribution >= 0.6 is 0 Å². The van der Waals surface area contributed by atoms with Gasteiger partial charge in [-0.25, -0.2) is 0 Å². The number of hydrogen-bond donors (Lipinski definition) is 1. The van der Waals surface area contributed by atoms with E-state index in [1.54, 1.807) is 0 Å². The summed E-state index contributed by atoms with van der Waals surface area (Å²) in [7, 11) is 0. The third-order valence-corrected chi connectivity index (χ3v) is 5.08. The van der Waals surface area contributed by atoms with Crippen LogP contribution in [0.15, 0.2) is 0 Å². The lowest BCUT2D eigenvalue weighted by molar-refractivity contribution is 0.0875. The van der Waals surface area contributed by atoms with Crippen LogP contribution in [0, 0.1) is 11.8 Å². The van der Waals surface area contributed by atoms with Crippen molar-refractivity contribution in [3.63, 3.8) is 0 Å². The van der Waals surface area contributed by atoms with Crippen LogP contribution in [-0.4, -0.2) is 50.8 Å². The molecule has 1 saturated heterocycles. The monoisotopic (exact) mass is 282 g/mol. The molecule has 1 aliphatic heterocycles. The van der Waals surface area contributed by atoms with Crippen molar-refractivity contribution in [3.05, 3.63) is 0 Å². The van der Waals surface area contributed by atoms with Gasteiger partial charge in [0, 0.05) is 32.8 Å². The van der Waals surface area contributed by atoms with Crippen molar-refractivity contribution in [1.29, 1.82) is 0 Å². The number of unbranched alkanes of at least 4 members (excludes halogenated alkanes) is 1. The first-order valence-electron chi connectivity index (χ1n) is 8.91. The van der Waals surface area contributed by atoms with Crippen LogP contribution in [0.1, 0.15) is 51.9 Å². The molecule has 3 heteroatoms. The van der Waals surface area contributed by atoms with Crippen LogP contribution < -0.4 is 5.32 Å². The topological polar surface area (TPSA) is 24.5 Å². The number of hydrogen-bond acceptors (Lipinski definition) is 3. The maximum atomic E-state index is 5.35. The number of likely N-dealkylation sites (tertiary alicyclic amines) is 1. The van der Waals surface area contributed by atoms with Gasteiger partial charge >= 0.3 is 0 Å². The Bertz CT molecular complexity index is 247. The molecule has 0 amide bonds. The van der Waals surface area contributed by atoms with E-state index in [4.69, 9.17) is 4.74 Å². The summed E-state index contributed by atoms with van der Waals surface area (Å²) in [6.45, 7) is 10.1. The second kappa shape index (κ2) is 9.75. The Morgan fingerprint density at radius 1 is 1.05 bits per heavy atom. The van der Waals surface area contributed by atoms with Crippen molar-refractivity contribution >= 4 is 0 Å². The molecule has 2 unspecified atom stereocenters. The number of fused-ring (bicyclic) bond motifs is 1. The van der Waals surface area contributed by atoms with E-state index in [9.17, 15) is 0 Å². The van der Waals surface area contributed by atoms with E-state index in [-0.39, 0.29) is 0 Å². The molecule has 2 rings (SSSR count). The van der Waals surface area contributed by atoms with Crippen molar-refractivity contribution in [2.45, 2.75) is 51.9 Å². The van der Waals surface area contributed by atoms with Crippen LogP contribution in [-0.2, 0) is 4.74 Å². The lowest BCUT2D eigenvalue weighted by Crippen LogP contribution is -2.44. The Balaban J connectivity index is 1.46. The number of nitrogens with one attached hydrogen (secondary N) is 1. The predicted octanol–water partition coefficient (Wildman–Crippen LogP) is 2.90. The fourth-order valence-electron chi connectivity index (χ4n) is 3.84. The Morgan fingerprint density at radius 3 is 2.75 bits per heavy atom. The molecule has 0 radical (unpaired) electrons. The number of ether oxygens (including phenoxy) is 1. The van der Waals surface area contributed by atoms with Crippen LogP contribution in [0.5, 0.6) is 0 Å². The molecule has 1 N–H and O–H groups in total. The minimum atomic E-state index is 0.852. The van der Waals surface area contributed by atoms with Gasteiger partial charge in [0.2, 0.25) is 0 Å². The molecule has 0 aromatic rings. The number of nitrogens with zero attached hydrogens (tertiary/aromatic N) is 1. The Hall–Kier alpha value is -0.120. The van der Waals surface area contributed by atoms with Gasteiger partial charge in [0.25, 0.3) is 0 Å². The molecular weight excluding hydrogens is 248 g/mol. The highest BCUT2D eigenvalue weighted by molar-refractivity contribution is 4.83. The van der Waals surface area contributed by atoms with Crippen molar-refractivity contribution in [2.24, 2.45) is 11.8 Å². The van der Waals surface area contributed by atoms with Crippen LogP contribution in [0.3, 0.4) is 0 Å². The number of piperidine rings is 1. The quantitative estimate of drug-likeness (QED) is 0.658. The minimum Gasteiger partial charge on any atom is -0.382 e. The highest BCUT2D eigenvalue weighted by atomic mass is 16.5. The van der Waals surface area contributed by atoms with Gasteiger partial charge in [-0.1, -0.05) is 19.3 Å². The molecule has 118 valence electrons. The van der Waals surface area contributed by atoms with E-state index in [1.807, 2.05) is 0 Å². The third kappa shape index (κ3) is 5.71. The molecule has 0 aromatic heterocycles. The molecule has 3 nitrogen and oxygen atoms in total. The van der Waals surface area contributed by atoms with Crippen molar-refractivity contribution in [1.82, 2.24) is 10.2 Å². The van der Waals surface area contributed by atoms with E-state index >= 15 is 0 Å². The first-order valence-corrected chi connectivity index (χ1v) is 8.91. The zero-order valence-electron chi connectivity index (χ0n) is 13.4. The standard InChI is InChI=1S/C17H34N2O/c1-2-20-14-6-5-10-18-11-13-19-12-9-16-7-3-4-8-17(16)15-19/h16-18H,2-15H2,1H3. The SMILES string of the molecule is CCOCCCCNCCN1CCC2CCCCC2C1. The summed E-state index contributed by atoms with van der Waals surface area (Å²) in [6.07, 6.45) is 9.86. The molecule has 2 atom stereocenters. The maximum absolute atomic E-state index is 5.35. The lowest BCUT2D eigenvalue weighted by Gasteiger charge is -2.41. The molecule has 0 spiro atoms. The molecule has 20 heavy (non-hydrogen) atoms. The van der Waals surface area contributed by atoms with Gasteiger partial charge in [-0.3, -0.25) is 0 Å². The summed E-state index contributed by atoms with van der Waals surface area (Å²) < 4.78 is 5.35. The van der Waals surface area contributed by atoms with E-state index in [0.29, 0.717) is 0 Å². The first kappa shape index (κ1) is 16.3. The van der Waals surface area contributed by atoms with Gasteiger partial charge in [-0.05, 0) is 57.5 Å².